The summed E-state index contributed by atoms with van der Waals surface area (Å²) in [6, 6.07) is 11.7. The fourth-order valence-electron chi connectivity index (χ4n) is 3.51. The molecular weight excluding hydrogens is 496 g/mol. The number of anilines is 1. The topological polar surface area (TPSA) is 107 Å². The lowest BCUT2D eigenvalue weighted by molar-refractivity contribution is -0.0416. The number of rotatable bonds is 9. The second-order valence-corrected chi connectivity index (χ2v) is 9.59. The molecule has 0 saturated carbocycles. The fraction of sp³-hybridized carbons (Fsp3) is 0.250. The minimum Gasteiger partial charge on any atom is -0.376 e. The number of hydrogen-bond acceptors (Lipinski definition) is 8. The number of aromatic nitrogens is 1. The van der Waals surface area contributed by atoms with Crippen molar-refractivity contribution in [3.05, 3.63) is 89.8 Å². The van der Waals surface area contributed by atoms with E-state index in [2.05, 4.69) is 4.98 Å². The molecule has 12 heteroatoms. The van der Waals surface area contributed by atoms with E-state index in [4.69, 9.17) is 14.3 Å². The van der Waals surface area contributed by atoms with Crippen molar-refractivity contribution in [2.45, 2.75) is 23.6 Å². The van der Waals surface area contributed by atoms with Gasteiger partial charge < -0.3 is 9.47 Å². The predicted octanol–water partition coefficient (Wildman–Crippen LogP) is 2.83. The maximum atomic E-state index is 13.5. The Morgan fingerprint density at radius 1 is 1.11 bits per heavy atom. The Morgan fingerprint density at radius 2 is 1.86 bits per heavy atom. The van der Waals surface area contributed by atoms with Crippen molar-refractivity contribution in [2.75, 3.05) is 25.4 Å². The molecule has 190 valence electrons. The number of hydrogen-bond donors (Lipinski definition) is 1. The van der Waals surface area contributed by atoms with Crippen molar-refractivity contribution in [3.63, 3.8) is 0 Å². The van der Waals surface area contributed by atoms with Gasteiger partial charge in [0.1, 0.15) is 12.2 Å². The molecule has 2 aromatic carbocycles. The Balaban J connectivity index is 1.51. The average molecular weight is 520 g/mol. The molecule has 36 heavy (non-hydrogen) atoms. The molecular formula is C24H23F2N3O6S. The molecule has 2 atom stereocenters. The summed E-state index contributed by atoms with van der Waals surface area (Å²) in [7, 11) is -2.84. The van der Waals surface area contributed by atoms with Gasteiger partial charge in [0.15, 0.2) is 11.6 Å². The van der Waals surface area contributed by atoms with Crippen LogP contribution in [0.4, 0.5) is 14.5 Å². The van der Waals surface area contributed by atoms with Crippen molar-refractivity contribution in [1.29, 1.82) is 0 Å². The second-order valence-electron chi connectivity index (χ2n) is 7.91. The van der Waals surface area contributed by atoms with Gasteiger partial charge in [-0.1, -0.05) is 6.07 Å². The van der Waals surface area contributed by atoms with Crippen molar-refractivity contribution in [1.82, 2.24) is 9.71 Å². The highest BCUT2D eigenvalue weighted by molar-refractivity contribution is 7.90. The highest BCUT2D eigenvalue weighted by Crippen LogP contribution is 2.23. The third-order valence-electron chi connectivity index (χ3n) is 5.44. The number of methoxy groups -OCH3 is 1. The van der Waals surface area contributed by atoms with E-state index in [0.717, 1.165) is 11.6 Å². The first kappa shape index (κ1) is 25.6. The van der Waals surface area contributed by atoms with Gasteiger partial charge in [0.05, 0.1) is 30.3 Å². The zero-order valence-electron chi connectivity index (χ0n) is 19.1. The van der Waals surface area contributed by atoms with E-state index in [1.54, 1.807) is 42.8 Å². The van der Waals surface area contributed by atoms with Crippen LogP contribution in [0.15, 0.2) is 71.9 Å². The van der Waals surface area contributed by atoms with Crippen molar-refractivity contribution in [2.24, 2.45) is 0 Å². The van der Waals surface area contributed by atoms with Crippen LogP contribution in [0.5, 0.6) is 0 Å². The molecule has 3 aromatic rings. The number of ether oxygens (including phenoxy) is 2. The summed E-state index contributed by atoms with van der Waals surface area (Å²) < 4.78 is 64.2. The van der Waals surface area contributed by atoms with E-state index in [1.165, 1.54) is 12.1 Å². The number of pyridine rings is 1. The van der Waals surface area contributed by atoms with Crippen LogP contribution < -0.4 is 9.79 Å². The molecule has 0 bridgehead atoms. The SMILES string of the molecule is COC1COC[C@H]1ON(Cc1cccnc1)c1ccc(C(=O)NS(=O)(=O)c2ccc(F)c(F)c2)cc1. The Hall–Kier alpha value is -3.45. The molecule has 0 spiro atoms. The molecule has 9 nitrogen and oxygen atoms in total. The molecule has 1 aliphatic rings. The van der Waals surface area contributed by atoms with Crippen LogP contribution in [0, 0.1) is 11.6 Å². The van der Waals surface area contributed by atoms with Crippen LogP contribution in [0.25, 0.3) is 0 Å². The van der Waals surface area contributed by atoms with Gasteiger partial charge in [-0.15, -0.1) is 0 Å². The molecule has 1 amide bonds. The first-order valence-electron chi connectivity index (χ1n) is 10.8. The van der Waals surface area contributed by atoms with Crippen LogP contribution in [-0.2, 0) is 30.9 Å². The maximum Gasteiger partial charge on any atom is 0.264 e. The van der Waals surface area contributed by atoms with Crippen LogP contribution in [-0.4, -0.2) is 51.8 Å². The van der Waals surface area contributed by atoms with E-state index in [0.29, 0.717) is 37.6 Å². The summed E-state index contributed by atoms with van der Waals surface area (Å²) in [6.07, 6.45) is 2.73. The lowest BCUT2D eigenvalue weighted by atomic mass is 10.2. The number of nitrogens with zero attached hydrogens (tertiary/aromatic N) is 2. The van der Waals surface area contributed by atoms with Gasteiger partial charge in [-0.05, 0) is 54.1 Å². The number of benzene rings is 2. The highest BCUT2D eigenvalue weighted by atomic mass is 32.2. The minimum atomic E-state index is -4.41. The van der Waals surface area contributed by atoms with Crippen LogP contribution in [0.2, 0.25) is 0 Å². The van der Waals surface area contributed by atoms with Crippen molar-refractivity contribution in [3.8, 4) is 0 Å². The molecule has 1 aromatic heterocycles. The van der Waals surface area contributed by atoms with E-state index in [1.807, 2.05) is 10.8 Å². The number of carbonyl (C=O) groups excluding carboxylic acids is 1. The molecule has 2 heterocycles. The summed E-state index contributed by atoms with van der Waals surface area (Å²) in [5, 5.41) is 1.61. The molecule has 1 saturated heterocycles. The molecule has 0 aliphatic carbocycles. The van der Waals surface area contributed by atoms with E-state index < -0.39 is 32.5 Å². The fourth-order valence-corrected chi connectivity index (χ4v) is 4.49. The van der Waals surface area contributed by atoms with Gasteiger partial charge in [-0.2, -0.15) is 0 Å². The Labute approximate surface area is 206 Å². The number of hydroxylamine groups is 1. The summed E-state index contributed by atoms with van der Waals surface area (Å²) in [4.78, 5) is 22.3. The summed E-state index contributed by atoms with van der Waals surface area (Å²) >= 11 is 0. The molecule has 0 radical (unpaired) electrons. The zero-order valence-corrected chi connectivity index (χ0v) is 20.0. The Bertz CT molecular complexity index is 1310. The largest absolute Gasteiger partial charge is 0.376 e. The maximum absolute atomic E-state index is 13.5. The quantitative estimate of drug-likeness (QED) is 0.430. The van der Waals surface area contributed by atoms with Crippen LogP contribution in [0.1, 0.15) is 15.9 Å². The zero-order chi connectivity index (χ0) is 25.7. The third kappa shape index (κ3) is 6.02. The molecule has 1 aliphatic heterocycles. The van der Waals surface area contributed by atoms with Crippen molar-refractivity contribution >= 4 is 21.6 Å². The van der Waals surface area contributed by atoms with Gasteiger partial charge in [0.25, 0.3) is 15.9 Å². The number of carbonyl (C=O) groups is 1. The number of amides is 1. The first-order chi connectivity index (χ1) is 17.3. The average Bonchev–Trinajstić information content (AvgIpc) is 3.33. The van der Waals surface area contributed by atoms with Gasteiger partial charge >= 0.3 is 0 Å². The summed E-state index contributed by atoms with van der Waals surface area (Å²) in [5.74, 6) is -3.48. The first-order valence-corrected chi connectivity index (χ1v) is 12.3. The highest BCUT2D eigenvalue weighted by Gasteiger charge is 2.32. The third-order valence-corrected chi connectivity index (χ3v) is 6.77. The Morgan fingerprint density at radius 3 is 2.53 bits per heavy atom. The van der Waals surface area contributed by atoms with Crippen LogP contribution in [0.3, 0.4) is 0 Å². The molecule has 1 fully saturated rings. The normalized spacial score (nSPS) is 17.6. The van der Waals surface area contributed by atoms with Crippen LogP contribution >= 0.6 is 0 Å². The lowest BCUT2D eigenvalue weighted by Gasteiger charge is -2.29. The van der Waals surface area contributed by atoms with Gasteiger partial charge in [0, 0.05) is 25.1 Å². The van der Waals surface area contributed by atoms with Gasteiger partial charge in [-0.25, -0.2) is 27.0 Å². The van der Waals surface area contributed by atoms with E-state index in [-0.39, 0.29) is 17.8 Å². The lowest BCUT2D eigenvalue weighted by Crippen LogP contribution is -2.37. The Kier molecular flexibility index (Phi) is 7.89. The summed E-state index contributed by atoms with van der Waals surface area (Å²) in [6.45, 7) is 1.06. The number of halogens is 2. The second kappa shape index (κ2) is 11.1. The monoisotopic (exact) mass is 519 g/mol. The molecule has 4 rings (SSSR count). The van der Waals surface area contributed by atoms with Crippen molar-refractivity contribution < 1.29 is 36.3 Å². The summed E-state index contributed by atoms with van der Waals surface area (Å²) in [5.41, 5.74) is 1.48. The predicted molar refractivity (Wildman–Crippen MR) is 124 cm³/mol. The van der Waals surface area contributed by atoms with E-state index in [9.17, 15) is 22.0 Å². The van der Waals surface area contributed by atoms with Gasteiger partial charge in [-0.3, -0.25) is 14.6 Å². The smallest absolute Gasteiger partial charge is 0.264 e. The standard InChI is InChI=1S/C24H23F2N3O6S/c1-33-22-14-34-15-23(22)35-29(13-16-3-2-10-27-12-16)18-6-4-17(5-7-18)24(30)28-36(31,32)19-8-9-20(25)21(26)11-19/h2-12,22-23H,13-15H2,1H3,(H,28,30)/t22?,23-/m1/s1. The van der Waals surface area contributed by atoms with E-state index >= 15 is 0 Å². The number of nitrogens with one attached hydrogen (secondary N) is 1. The van der Waals surface area contributed by atoms with Gasteiger partial charge in [0.2, 0.25) is 0 Å². The molecule has 1 N–H and O–H groups in total. The minimum absolute atomic E-state index is 0.0326. The molecule has 1 unspecified atom stereocenters. The number of sulfonamides is 1.